The SMILES string of the molecule is Cc1cncc(N2CCCC(n3cccn3)C2)n1. The second kappa shape index (κ2) is 4.76. The predicted octanol–water partition coefficient (Wildman–Crippen LogP) is 1.82. The van der Waals surface area contributed by atoms with Crippen LogP contribution in [0.15, 0.2) is 30.9 Å². The minimum Gasteiger partial charge on any atom is -0.353 e. The van der Waals surface area contributed by atoms with Crippen molar-refractivity contribution in [3.8, 4) is 0 Å². The van der Waals surface area contributed by atoms with E-state index in [1.165, 1.54) is 12.8 Å². The van der Waals surface area contributed by atoms with Crippen molar-refractivity contribution in [1.82, 2.24) is 19.7 Å². The summed E-state index contributed by atoms with van der Waals surface area (Å²) in [5, 5.41) is 4.34. The van der Waals surface area contributed by atoms with Gasteiger partial charge in [0.05, 0.1) is 17.9 Å². The lowest BCUT2D eigenvalue weighted by Gasteiger charge is -2.33. The summed E-state index contributed by atoms with van der Waals surface area (Å²) in [4.78, 5) is 11.1. The predicted molar refractivity (Wildman–Crippen MR) is 69.5 cm³/mol. The molecule has 1 saturated heterocycles. The molecule has 0 aliphatic carbocycles. The van der Waals surface area contributed by atoms with Gasteiger partial charge in [0.15, 0.2) is 0 Å². The Morgan fingerprint density at radius 2 is 2.28 bits per heavy atom. The number of aromatic nitrogens is 4. The molecule has 1 unspecified atom stereocenters. The van der Waals surface area contributed by atoms with Crippen LogP contribution in [0.3, 0.4) is 0 Å². The van der Waals surface area contributed by atoms with Crippen molar-refractivity contribution < 1.29 is 0 Å². The first-order valence-electron chi connectivity index (χ1n) is 6.35. The lowest BCUT2D eigenvalue weighted by atomic mass is 10.1. The summed E-state index contributed by atoms with van der Waals surface area (Å²) in [5.74, 6) is 0.979. The number of aryl methyl sites for hydroxylation is 1. The van der Waals surface area contributed by atoms with Crippen LogP contribution < -0.4 is 4.90 Å². The van der Waals surface area contributed by atoms with E-state index in [2.05, 4.69) is 24.6 Å². The Hall–Kier alpha value is -1.91. The summed E-state index contributed by atoms with van der Waals surface area (Å²) in [6.45, 7) is 3.99. The van der Waals surface area contributed by atoms with Gasteiger partial charge in [-0.15, -0.1) is 0 Å². The summed E-state index contributed by atoms with van der Waals surface area (Å²) in [6, 6.07) is 2.42. The molecule has 1 aliphatic rings. The van der Waals surface area contributed by atoms with Crippen LogP contribution in [-0.2, 0) is 0 Å². The van der Waals surface area contributed by atoms with Crippen molar-refractivity contribution in [2.75, 3.05) is 18.0 Å². The fourth-order valence-electron chi connectivity index (χ4n) is 2.48. The monoisotopic (exact) mass is 243 g/mol. The average Bonchev–Trinajstić information content (AvgIpc) is 2.93. The van der Waals surface area contributed by atoms with Crippen molar-refractivity contribution >= 4 is 5.82 Å². The second-order valence-electron chi connectivity index (χ2n) is 4.75. The molecule has 2 aromatic heterocycles. The molecule has 0 amide bonds. The summed E-state index contributed by atoms with van der Waals surface area (Å²) < 4.78 is 2.05. The Morgan fingerprint density at radius 1 is 1.33 bits per heavy atom. The molecule has 1 aliphatic heterocycles. The number of hydrogen-bond acceptors (Lipinski definition) is 4. The minimum atomic E-state index is 0.441. The Labute approximate surface area is 106 Å². The molecule has 0 spiro atoms. The first kappa shape index (κ1) is 11.2. The van der Waals surface area contributed by atoms with Crippen LogP contribution in [0, 0.1) is 6.92 Å². The highest BCUT2D eigenvalue weighted by Gasteiger charge is 2.22. The van der Waals surface area contributed by atoms with Crippen molar-refractivity contribution in [3.63, 3.8) is 0 Å². The van der Waals surface area contributed by atoms with Gasteiger partial charge in [-0.05, 0) is 25.8 Å². The van der Waals surface area contributed by atoms with Gasteiger partial charge in [0.25, 0.3) is 0 Å². The van der Waals surface area contributed by atoms with Gasteiger partial charge in [-0.2, -0.15) is 5.10 Å². The van der Waals surface area contributed by atoms with E-state index in [9.17, 15) is 0 Å². The molecule has 0 aromatic carbocycles. The molecule has 3 heterocycles. The molecule has 94 valence electrons. The fraction of sp³-hybridized carbons (Fsp3) is 0.462. The van der Waals surface area contributed by atoms with Crippen LogP contribution in [0.25, 0.3) is 0 Å². The first-order valence-corrected chi connectivity index (χ1v) is 6.35. The maximum Gasteiger partial charge on any atom is 0.147 e. The zero-order chi connectivity index (χ0) is 12.4. The van der Waals surface area contributed by atoms with Gasteiger partial charge in [0.1, 0.15) is 5.82 Å². The maximum atomic E-state index is 4.55. The molecule has 0 radical (unpaired) electrons. The quantitative estimate of drug-likeness (QED) is 0.807. The van der Waals surface area contributed by atoms with Gasteiger partial charge < -0.3 is 4.90 Å². The molecule has 0 saturated carbocycles. The van der Waals surface area contributed by atoms with E-state index in [-0.39, 0.29) is 0 Å². The fourth-order valence-corrected chi connectivity index (χ4v) is 2.48. The van der Waals surface area contributed by atoms with Crippen molar-refractivity contribution in [1.29, 1.82) is 0 Å². The molecule has 3 rings (SSSR count). The van der Waals surface area contributed by atoms with E-state index in [0.29, 0.717) is 6.04 Å². The topological polar surface area (TPSA) is 46.8 Å². The van der Waals surface area contributed by atoms with Gasteiger partial charge in [0.2, 0.25) is 0 Å². The van der Waals surface area contributed by atoms with E-state index in [1.54, 1.807) is 6.20 Å². The van der Waals surface area contributed by atoms with E-state index in [4.69, 9.17) is 0 Å². The zero-order valence-corrected chi connectivity index (χ0v) is 10.5. The highest BCUT2D eigenvalue weighted by molar-refractivity contribution is 5.37. The third-order valence-electron chi connectivity index (χ3n) is 3.36. The van der Waals surface area contributed by atoms with Crippen LogP contribution in [0.1, 0.15) is 24.6 Å². The molecule has 0 bridgehead atoms. The summed E-state index contributed by atoms with van der Waals surface area (Å²) >= 11 is 0. The standard InChI is InChI=1S/C13H17N5/c1-11-8-14-9-13(16-11)17-6-2-4-12(10-17)18-7-3-5-15-18/h3,5,7-9,12H,2,4,6,10H2,1H3. The minimum absolute atomic E-state index is 0.441. The number of rotatable bonds is 2. The van der Waals surface area contributed by atoms with Crippen LogP contribution >= 0.6 is 0 Å². The largest absolute Gasteiger partial charge is 0.353 e. The molecule has 2 aromatic rings. The molecule has 1 fully saturated rings. The van der Waals surface area contributed by atoms with Crippen molar-refractivity contribution in [2.45, 2.75) is 25.8 Å². The van der Waals surface area contributed by atoms with Crippen molar-refractivity contribution in [3.05, 3.63) is 36.5 Å². The van der Waals surface area contributed by atoms with E-state index >= 15 is 0 Å². The Bertz CT molecular complexity index is 508. The normalized spacial score (nSPS) is 20.1. The number of piperidine rings is 1. The van der Waals surface area contributed by atoms with Gasteiger partial charge in [-0.1, -0.05) is 0 Å². The first-order chi connectivity index (χ1) is 8.83. The number of anilines is 1. The van der Waals surface area contributed by atoms with Crippen LogP contribution in [0.4, 0.5) is 5.82 Å². The molecule has 5 nitrogen and oxygen atoms in total. The van der Waals surface area contributed by atoms with Crippen LogP contribution in [0.5, 0.6) is 0 Å². The summed E-state index contributed by atoms with van der Waals surface area (Å²) in [5.41, 5.74) is 0.966. The number of hydrogen-bond donors (Lipinski definition) is 0. The second-order valence-corrected chi connectivity index (χ2v) is 4.75. The highest BCUT2D eigenvalue weighted by Crippen LogP contribution is 2.24. The van der Waals surface area contributed by atoms with Gasteiger partial charge in [-0.25, -0.2) is 4.98 Å². The molecular formula is C13H17N5. The van der Waals surface area contributed by atoms with Gasteiger partial charge in [-0.3, -0.25) is 9.67 Å². The lowest BCUT2D eigenvalue weighted by molar-refractivity contribution is 0.374. The van der Waals surface area contributed by atoms with Crippen LogP contribution in [-0.4, -0.2) is 32.8 Å². The number of nitrogens with zero attached hydrogens (tertiary/aromatic N) is 5. The third-order valence-corrected chi connectivity index (χ3v) is 3.36. The molecule has 0 N–H and O–H groups in total. The third kappa shape index (κ3) is 2.20. The lowest BCUT2D eigenvalue weighted by Crippen LogP contribution is -2.37. The smallest absolute Gasteiger partial charge is 0.147 e. The maximum absolute atomic E-state index is 4.55. The molecule has 18 heavy (non-hydrogen) atoms. The Kier molecular flexibility index (Phi) is 2.96. The molecule has 1 atom stereocenters. The zero-order valence-electron chi connectivity index (χ0n) is 10.5. The van der Waals surface area contributed by atoms with E-state index < -0.39 is 0 Å². The van der Waals surface area contributed by atoms with Crippen LogP contribution in [0.2, 0.25) is 0 Å². The molecular weight excluding hydrogens is 226 g/mol. The Balaban J connectivity index is 1.78. The highest BCUT2D eigenvalue weighted by atomic mass is 15.3. The molecule has 5 heteroatoms. The summed E-state index contributed by atoms with van der Waals surface area (Å²) in [7, 11) is 0. The Morgan fingerprint density at radius 3 is 3.06 bits per heavy atom. The van der Waals surface area contributed by atoms with E-state index in [1.807, 2.05) is 31.6 Å². The van der Waals surface area contributed by atoms with E-state index in [0.717, 1.165) is 24.6 Å². The van der Waals surface area contributed by atoms with Gasteiger partial charge >= 0.3 is 0 Å². The average molecular weight is 243 g/mol. The van der Waals surface area contributed by atoms with Crippen molar-refractivity contribution in [2.24, 2.45) is 0 Å². The summed E-state index contributed by atoms with van der Waals surface area (Å²) in [6.07, 6.45) is 9.86. The van der Waals surface area contributed by atoms with Gasteiger partial charge in [0, 0.05) is 31.7 Å².